The van der Waals surface area contributed by atoms with Crippen molar-refractivity contribution < 1.29 is 14.3 Å². The first kappa shape index (κ1) is 26.7. The molecule has 6 nitrogen and oxygen atoms in total. The van der Waals surface area contributed by atoms with Crippen molar-refractivity contribution in [3.63, 3.8) is 0 Å². The van der Waals surface area contributed by atoms with Crippen LogP contribution in [-0.2, 0) is 16.0 Å². The lowest BCUT2D eigenvalue weighted by Crippen LogP contribution is -2.58. The summed E-state index contributed by atoms with van der Waals surface area (Å²) < 4.78 is 5.36. The predicted octanol–water partition coefficient (Wildman–Crippen LogP) is 4.98. The molecule has 3 atom stereocenters. The largest absolute Gasteiger partial charge is 0.497 e. The maximum Gasteiger partial charge on any atom is 0.236 e. The van der Waals surface area contributed by atoms with E-state index in [1.54, 1.807) is 7.11 Å². The Morgan fingerprint density at radius 1 is 1.11 bits per heavy atom. The Hall–Kier alpha value is -2.38. The lowest BCUT2D eigenvalue weighted by atomic mass is 9.93. The van der Waals surface area contributed by atoms with E-state index >= 15 is 0 Å². The van der Waals surface area contributed by atoms with Gasteiger partial charge in [-0.15, -0.1) is 11.3 Å². The van der Waals surface area contributed by atoms with Crippen molar-refractivity contribution in [2.45, 2.75) is 65.0 Å². The zero-order valence-corrected chi connectivity index (χ0v) is 23.1. The first-order chi connectivity index (χ1) is 17.5. The smallest absolute Gasteiger partial charge is 0.236 e. The standard InChI is InChI=1S/C29H41N3O3S/c1-5-7-8-22(6-2)29(34)32-17-16-30(19-21(32)3)27(33)20-31-15-13-26-25(14-18-36-26)28(31)23-9-11-24(35-4)12-10-23/h9-12,14,18,21-22,28H,5-8,13,15-17,19-20H2,1-4H3/t21-,22+,28+/m1/s1. The second kappa shape index (κ2) is 12.2. The molecule has 36 heavy (non-hydrogen) atoms. The van der Waals surface area contributed by atoms with Gasteiger partial charge in [0.15, 0.2) is 0 Å². The molecule has 7 heteroatoms. The number of nitrogens with zero attached hydrogens (tertiary/aromatic N) is 3. The number of piperazine rings is 1. The first-order valence-electron chi connectivity index (χ1n) is 13.5. The molecule has 2 amide bonds. The fourth-order valence-electron chi connectivity index (χ4n) is 5.69. The second-order valence-electron chi connectivity index (χ2n) is 10.2. The van der Waals surface area contributed by atoms with Gasteiger partial charge in [0.25, 0.3) is 0 Å². The van der Waals surface area contributed by atoms with Gasteiger partial charge in [-0.2, -0.15) is 0 Å². The normalized spacial score (nSPS) is 21.2. The van der Waals surface area contributed by atoms with Crippen molar-refractivity contribution >= 4 is 23.2 Å². The Bertz CT molecular complexity index is 1020. The third-order valence-electron chi connectivity index (χ3n) is 7.85. The molecule has 1 aromatic carbocycles. The molecule has 0 radical (unpaired) electrons. The molecule has 1 fully saturated rings. The van der Waals surface area contributed by atoms with Crippen LogP contribution in [0.5, 0.6) is 5.75 Å². The molecule has 4 rings (SSSR count). The predicted molar refractivity (Wildman–Crippen MR) is 145 cm³/mol. The number of hydrogen-bond donors (Lipinski definition) is 0. The van der Waals surface area contributed by atoms with Crippen LogP contribution >= 0.6 is 11.3 Å². The Morgan fingerprint density at radius 2 is 1.89 bits per heavy atom. The molecule has 2 aromatic rings. The lowest BCUT2D eigenvalue weighted by molar-refractivity contribution is -0.146. The summed E-state index contributed by atoms with van der Waals surface area (Å²) in [6.07, 6.45) is 5.03. The molecule has 1 aromatic heterocycles. The summed E-state index contributed by atoms with van der Waals surface area (Å²) in [7, 11) is 1.68. The van der Waals surface area contributed by atoms with Gasteiger partial charge in [0.2, 0.25) is 11.8 Å². The molecular formula is C29H41N3O3S. The van der Waals surface area contributed by atoms with Gasteiger partial charge in [-0.3, -0.25) is 14.5 Å². The van der Waals surface area contributed by atoms with Gasteiger partial charge in [-0.05, 0) is 60.9 Å². The van der Waals surface area contributed by atoms with Crippen LogP contribution in [0, 0.1) is 5.92 Å². The summed E-state index contributed by atoms with van der Waals surface area (Å²) in [6.45, 7) is 9.47. The maximum absolute atomic E-state index is 13.5. The number of methoxy groups -OCH3 is 1. The number of rotatable bonds is 9. The van der Waals surface area contributed by atoms with Crippen molar-refractivity contribution in [2.24, 2.45) is 5.92 Å². The number of hydrogen-bond acceptors (Lipinski definition) is 5. The zero-order chi connectivity index (χ0) is 25.7. The molecule has 196 valence electrons. The number of ether oxygens (including phenoxy) is 1. The summed E-state index contributed by atoms with van der Waals surface area (Å²) >= 11 is 1.81. The van der Waals surface area contributed by atoms with E-state index in [0.717, 1.165) is 44.4 Å². The highest BCUT2D eigenvalue weighted by Crippen LogP contribution is 2.38. The average Bonchev–Trinajstić information content (AvgIpc) is 3.38. The van der Waals surface area contributed by atoms with E-state index in [4.69, 9.17) is 4.74 Å². The zero-order valence-electron chi connectivity index (χ0n) is 22.2. The number of benzene rings is 1. The fraction of sp³-hybridized carbons (Fsp3) is 0.586. The van der Waals surface area contributed by atoms with Crippen LogP contribution in [0.15, 0.2) is 35.7 Å². The van der Waals surface area contributed by atoms with E-state index in [1.807, 2.05) is 33.3 Å². The molecule has 0 saturated carbocycles. The number of amides is 2. The number of unbranched alkanes of at least 4 members (excludes halogenated alkanes) is 1. The van der Waals surface area contributed by atoms with Gasteiger partial charge in [0, 0.05) is 43.0 Å². The van der Waals surface area contributed by atoms with Gasteiger partial charge >= 0.3 is 0 Å². The Balaban J connectivity index is 1.43. The Kier molecular flexibility index (Phi) is 9.07. The highest BCUT2D eigenvalue weighted by Gasteiger charge is 2.35. The fourth-order valence-corrected chi connectivity index (χ4v) is 6.59. The lowest BCUT2D eigenvalue weighted by Gasteiger charge is -2.42. The van der Waals surface area contributed by atoms with Crippen LogP contribution in [0.4, 0.5) is 0 Å². The summed E-state index contributed by atoms with van der Waals surface area (Å²) in [5.74, 6) is 1.37. The summed E-state index contributed by atoms with van der Waals surface area (Å²) in [4.78, 5) is 34.4. The van der Waals surface area contributed by atoms with E-state index in [-0.39, 0.29) is 29.8 Å². The Labute approximate surface area is 220 Å². The highest BCUT2D eigenvalue weighted by molar-refractivity contribution is 7.10. The van der Waals surface area contributed by atoms with Crippen molar-refractivity contribution in [3.05, 3.63) is 51.7 Å². The quantitative estimate of drug-likeness (QED) is 0.477. The van der Waals surface area contributed by atoms with Crippen molar-refractivity contribution in [1.29, 1.82) is 0 Å². The minimum Gasteiger partial charge on any atom is -0.497 e. The van der Waals surface area contributed by atoms with Gasteiger partial charge < -0.3 is 14.5 Å². The van der Waals surface area contributed by atoms with Crippen molar-refractivity contribution in [1.82, 2.24) is 14.7 Å². The number of thiophene rings is 1. The van der Waals surface area contributed by atoms with Crippen molar-refractivity contribution in [3.8, 4) is 5.75 Å². The third kappa shape index (κ3) is 5.78. The van der Waals surface area contributed by atoms with E-state index in [1.165, 1.54) is 16.0 Å². The van der Waals surface area contributed by atoms with E-state index in [2.05, 4.69) is 49.3 Å². The average molecular weight is 512 g/mol. The van der Waals surface area contributed by atoms with Gasteiger partial charge in [0.1, 0.15) is 5.75 Å². The van der Waals surface area contributed by atoms with E-state index < -0.39 is 0 Å². The van der Waals surface area contributed by atoms with Crippen LogP contribution in [-0.4, -0.2) is 72.4 Å². The molecule has 0 bridgehead atoms. The van der Waals surface area contributed by atoms with Crippen LogP contribution in [0.25, 0.3) is 0 Å². The summed E-state index contributed by atoms with van der Waals surface area (Å²) in [5.41, 5.74) is 2.50. The molecule has 0 N–H and O–H groups in total. The minimum absolute atomic E-state index is 0.0492. The van der Waals surface area contributed by atoms with Crippen LogP contribution in [0.1, 0.15) is 68.5 Å². The number of fused-ring (bicyclic) bond motifs is 1. The van der Waals surface area contributed by atoms with E-state index in [9.17, 15) is 9.59 Å². The summed E-state index contributed by atoms with van der Waals surface area (Å²) in [5, 5.41) is 2.16. The third-order valence-corrected chi connectivity index (χ3v) is 8.84. The summed E-state index contributed by atoms with van der Waals surface area (Å²) in [6, 6.07) is 10.6. The van der Waals surface area contributed by atoms with Crippen LogP contribution in [0.3, 0.4) is 0 Å². The van der Waals surface area contributed by atoms with Crippen LogP contribution < -0.4 is 4.74 Å². The second-order valence-corrected chi connectivity index (χ2v) is 11.2. The first-order valence-corrected chi connectivity index (χ1v) is 14.4. The van der Waals surface area contributed by atoms with Crippen molar-refractivity contribution in [2.75, 3.05) is 39.8 Å². The topological polar surface area (TPSA) is 53.1 Å². The molecule has 2 aliphatic heterocycles. The Morgan fingerprint density at radius 3 is 2.56 bits per heavy atom. The minimum atomic E-state index is 0.0492. The molecule has 2 aliphatic rings. The number of carbonyl (C=O) groups is 2. The van der Waals surface area contributed by atoms with E-state index in [0.29, 0.717) is 26.2 Å². The monoisotopic (exact) mass is 511 g/mol. The molecule has 0 aliphatic carbocycles. The molecule has 0 spiro atoms. The van der Waals surface area contributed by atoms with Crippen LogP contribution in [0.2, 0.25) is 0 Å². The molecular weight excluding hydrogens is 470 g/mol. The van der Waals surface area contributed by atoms with Gasteiger partial charge in [-0.1, -0.05) is 38.8 Å². The molecule has 1 saturated heterocycles. The van der Waals surface area contributed by atoms with Gasteiger partial charge in [-0.25, -0.2) is 0 Å². The maximum atomic E-state index is 13.5. The highest BCUT2D eigenvalue weighted by atomic mass is 32.1. The molecule has 0 unspecified atom stereocenters. The number of carbonyl (C=O) groups excluding carboxylic acids is 2. The van der Waals surface area contributed by atoms with Gasteiger partial charge in [0.05, 0.1) is 19.7 Å². The molecule has 3 heterocycles. The SMILES string of the molecule is CCCC[C@H](CC)C(=O)N1CCN(C(=O)CN2CCc3sccc3[C@@H]2c2ccc(OC)cc2)C[C@H]1C.